The van der Waals surface area contributed by atoms with E-state index in [1.54, 1.807) is 29.6 Å². The second-order valence-corrected chi connectivity index (χ2v) is 4.87. The van der Waals surface area contributed by atoms with E-state index in [2.05, 4.69) is 29.4 Å². The van der Waals surface area contributed by atoms with E-state index >= 15 is 0 Å². The van der Waals surface area contributed by atoms with E-state index < -0.39 is 0 Å². The molecule has 4 nitrogen and oxygen atoms in total. The first kappa shape index (κ1) is 13.7. The summed E-state index contributed by atoms with van der Waals surface area (Å²) in [6, 6.07) is 8.29. The number of benzene rings is 1. The van der Waals surface area contributed by atoms with Gasteiger partial charge in [0, 0.05) is 11.1 Å². The summed E-state index contributed by atoms with van der Waals surface area (Å²) in [5, 5.41) is 4.17. The van der Waals surface area contributed by atoms with Crippen molar-refractivity contribution in [3.63, 3.8) is 0 Å². The fourth-order valence-corrected chi connectivity index (χ4v) is 2.10. The molecular weight excluding hydrogens is 260 g/mol. The zero-order valence-corrected chi connectivity index (χ0v) is 11.8. The second-order valence-electron chi connectivity index (χ2n) is 4.00. The van der Waals surface area contributed by atoms with Gasteiger partial charge in [-0.2, -0.15) is 5.10 Å². The van der Waals surface area contributed by atoms with Crippen LogP contribution in [0.4, 0.5) is 0 Å². The van der Waals surface area contributed by atoms with Crippen LogP contribution in [0.25, 0.3) is 0 Å². The van der Waals surface area contributed by atoms with E-state index in [1.807, 2.05) is 6.26 Å². The highest BCUT2D eigenvalue weighted by Crippen LogP contribution is 2.15. The van der Waals surface area contributed by atoms with Gasteiger partial charge in [-0.25, -0.2) is 4.79 Å². The predicted molar refractivity (Wildman–Crippen MR) is 75.5 cm³/mol. The molecule has 1 aromatic heterocycles. The topological polar surface area (TPSA) is 44.1 Å². The maximum atomic E-state index is 11.5. The molecule has 2 rings (SSSR count). The Balaban J connectivity index is 2.04. The third-order valence-electron chi connectivity index (χ3n) is 2.65. The van der Waals surface area contributed by atoms with Gasteiger partial charge in [0.05, 0.1) is 24.9 Å². The number of esters is 1. The van der Waals surface area contributed by atoms with Crippen molar-refractivity contribution in [2.75, 3.05) is 12.9 Å². The molecule has 0 aliphatic rings. The predicted octanol–water partition coefficient (Wildman–Crippen LogP) is 2.83. The lowest BCUT2D eigenvalue weighted by Gasteiger charge is -2.03. The number of hydrogen-bond donors (Lipinski definition) is 0. The van der Waals surface area contributed by atoms with Crippen molar-refractivity contribution in [1.29, 1.82) is 0 Å². The molecule has 0 unspecified atom stereocenters. The van der Waals surface area contributed by atoms with E-state index in [0.717, 1.165) is 5.56 Å². The third-order valence-corrected chi connectivity index (χ3v) is 3.39. The van der Waals surface area contributed by atoms with Crippen molar-refractivity contribution in [3.05, 3.63) is 47.8 Å². The standard InChI is InChI=1S/C14H16N2O2S/c1-3-18-14(17)12-8-15-16(10-12)9-11-4-6-13(19-2)7-5-11/h4-8,10H,3,9H2,1-2H3. The molecule has 0 spiro atoms. The van der Waals surface area contributed by atoms with Crippen molar-refractivity contribution < 1.29 is 9.53 Å². The molecule has 100 valence electrons. The molecule has 2 aromatic rings. The summed E-state index contributed by atoms with van der Waals surface area (Å²) in [6.07, 6.45) is 5.29. The molecule has 19 heavy (non-hydrogen) atoms. The normalized spacial score (nSPS) is 10.4. The van der Waals surface area contributed by atoms with Gasteiger partial charge in [0.25, 0.3) is 0 Å². The summed E-state index contributed by atoms with van der Waals surface area (Å²) in [5.74, 6) is -0.327. The maximum Gasteiger partial charge on any atom is 0.341 e. The maximum absolute atomic E-state index is 11.5. The molecular formula is C14H16N2O2S. The minimum atomic E-state index is -0.327. The largest absolute Gasteiger partial charge is 0.462 e. The summed E-state index contributed by atoms with van der Waals surface area (Å²) < 4.78 is 6.66. The highest BCUT2D eigenvalue weighted by Gasteiger charge is 2.09. The van der Waals surface area contributed by atoms with Crippen LogP contribution in [0.5, 0.6) is 0 Å². The smallest absolute Gasteiger partial charge is 0.341 e. The van der Waals surface area contributed by atoms with E-state index in [0.29, 0.717) is 18.7 Å². The van der Waals surface area contributed by atoms with E-state index in [9.17, 15) is 4.79 Å². The lowest BCUT2D eigenvalue weighted by atomic mass is 10.2. The highest BCUT2D eigenvalue weighted by atomic mass is 32.2. The molecule has 0 radical (unpaired) electrons. The van der Waals surface area contributed by atoms with Crippen LogP contribution in [0.15, 0.2) is 41.6 Å². The number of hydrogen-bond acceptors (Lipinski definition) is 4. The number of thioether (sulfide) groups is 1. The van der Waals surface area contributed by atoms with Crippen LogP contribution in [-0.4, -0.2) is 28.6 Å². The fourth-order valence-electron chi connectivity index (χ4n) is 1.69. The lowest BCUT2D eigenvalue weighted by molar-refractivity contribution is 0.0526. The van der Waals surface area contributed by atoms with Gasteiger partial charge >= 0.3 is 5.97 Å². The summed E-state index contributed by atoms with van der Waals surface area (Å²) in [5.41, 5.74) is 1.64. The summed E-state index contributed by atoms with van der Waals surface area (Å²) in [7, 11) is 0. The molecule has 0 saturated heterocycles. The molecule has 1 heterocycles. The van der Waals surface area contributed by atoms with Crippen molar-refractivity contribution >= 4 is 17.7 Å². The molecule has 0 atom stereocenters. The van der Waals surface area contributed by atoms with E-state index in [4.69, 9.17) is 4.74 Å². The van der Waals surface area contributed by atoms with Gasteiger partial charge in [-0.15, -0.1) is 11.8 Å². The van der Waals surface area contributed by atoms with Gasteiger partial charge in [0.15, 0.2) is 0 Å². The Kier molecular flexibility index (Phi) is 4.63. The molecule has 0 saturated carbocycles. The zero-order chi connectivity index (χ0) is 13.7. The van der Waals surface area contributed by atoms with Crippen LogP contribution in [0, 0.1) is 0 Å². The molecule has 0 bridgehead atoms. The van der Waals surface area contributed by atoms with Crippen molar-refractivity contribution in [2.45, 2.75) is 18.4 Å². The molecule has 0 aliphatic heterocycles. The van der Waals surface area contributed by atoms with E-state index in [-0.39, 0.29) is 5.97 Å². The number of nitrogens with zero attached hydrogens (tertiary/aromatic N) is 2. The Morgan fingerprint density at radius 2 is 2.11 bits per heavy atom. The van der Waals surface area contributed by atoms with Crippen molar-refractivity contribution in [2.24, 2.45) is 0 Å². The SMILES string of the molecule is CCOC(=O)c1cnn(Cc2ccc(SC)cc2)c1. The average molecular weight is 276 g/mol. The summed E-state index contributed by atoms with van der Waals surface area (Å²) >= 11 is 1.71. The number of carbonyl (C=O) groups excluding carboxylic acids is 1. The zero-order valence-electron chi connectivity index (χ0n) is 11.0. The van der Waals surface area contributed by atoms with Crippen LogP contribution < -0.4 is 0 Å². The first-order valence-electron chi connectivity index (χ1n) is 6.05. The number of carbonyl (C=O) groups is 1. The van der Waals surface area contributed by atoms with Crippen LogP contribution in [0.2, 0.25) is 0 Å². The van der Waals surface area contributed by atoms with Gasteiger partial charge < -0.3 is 4.74 Å². The minimum absolute atomic E-state index is 0.327. The van der Waals surface area contributed by atoms with Gasteiger partial charge in [0.2, 0.25) is 0 Å². The van der Waals surface area contributed by atoms with Crippen molar-refractivity contribution in [1.82, 2.24) is 9.78 Å². The Labute approximate surface area is 116 Å². The first-order valence-corrected chi connectivity index (χ1v) is 7.28. The van der Waals surface area contributed by atoms with Gasteiger partial charge in [-0.05, 0) is 30.9 Å². The van der Waals surface area contributed by atoms with Crippen molar-refractivity contribution in [3.8, 4) is 0 Å². The molecule has 0 fully saturated rings. The van der Waals surface area contributed by atoms with Gasteiger partial charge in [-0.1, -0.05) is 12.1 Å². The molecule has 0 amide bonds. The Bertz CT molecular complexity index is 549. The summed E-state index contributed by atoms with van der Waals surface area (Å²) in [4.78, 5) is 12.7. The Morgan fingerprint density at radius 3 is 2.74 bits per heavy atom. The minimum Gasteiger partial charge on any atom is -0.462 e. The number of ether oxygens (including phenoxy) is 1. The van der Waals surface area contributed by atoms with E-state index in [1.165, 1.54) is 11.1 Å². The fraction of sp³-hybridized carbons (Fsp3) is 0.286. The Morgan fingerprint density at radius 1 is 1.37 bits per heavy atom. The van der Waals surface area contributed by atoms with Crippen LogP contribution >= 0.6 is 11.8 Å². The lowest BCUT2D eigenvalue weighted by Crippen LogP contribution is -2.04. The molecule has 1 aromatic carbocycles. The van der Waals surface area contributed by atoms with Crippen LogP contribution in [0.1, 0.15) is 22.8 Å². The number of aromatic nitrogens is 2. The average Bonchev–Trinajstić information content (AvgIpc) is 2.88. The monoisotopic (exact) mass is 276 g/mol. The molecule has 5 heteroatoms. The summed E-state index contributed by atoms with van der Waals surface area (Å²) in [6.45, 7) is 2.81. The quantitative estimate of drug-likeness (QED) is 0.622. The Hall–Kier alpha value is -1.75. The third kappa shape index (κ3) is 3.61. The van der Waals surface area contributed by atoms with Crippen LogP contribution in [-0.2, 0) is 11.3 Å². The molecule has 0 aliphatic carbocycles. The van der Waals surface area contributed by atoms with Crippen LogP contribution in [0.3, 0.4) is 0 Å². The molecule has 0 N–H and O–H groups in total. The first-order chi connectivity index (χ1) is 9.22. The van der Waals surface area contributed by atoms with Gasteiger partial charge in [0.1, 0.15) is 0 Å². The number of rotatable bonds is 5. The van der Waals surface area contributed by atoms with Gasteiger partial charge in [-0.3, -0.25) is 4.68 Å². The second kappa shape index (κ2) is 6.43. The highest BCUT2D eigenvalue weighted by molar-refractivity contribution is 7.98.